The van der Waals surface area contributed by atoms with E-state index in [2.05, 4.69) is 6.58 Å². The van der Waals surface area contributed by atoms with Crippen LogP contribution in [0.3, 0.4) is 0 Å². The third kappa shape index (κ3) is 4.72. The first kappa shape index (κ1) is 12.2. The number of halogens is 5. The fourth-order valence-electron chi connectivity index (χ4n) is 0.403. The predicted octanol–water partition coefficient (Wildman–Crippen LogP) is 4.93. The minimum Gasteiger partial charge on any atom is -0.0937 e. The van der Waals surface area contributed by atoms with Crippen molar-refractivity contribution in [2.24, 2.45) is 0 Å². The lowest BCUT2D eigenvalue weighted by Gasteiger charge is -2.40. The molecule has 0 unspecified atom stereocenters. The Hall–Kier alpha value is -0.780. The summed E-state index contributed by atoms with van der Waals surface area (Å²) in [5, 5.41) is 0. The second kappa shape index (κ2) is 2.60. The Morgan fingerprint density at radius 3 is 1.85 bits per heavy atom. The first-order valence-corrected chi connectivity index (χ1v) is 5.15. The van der Waals surface area contributed by atoms with E-state index >= 15 is 0 Å². The molecule has 0 nitrogen and oxygen atoms in total. The molecule has 0 aromatic carbocycles. The normalized spacial score (nSPS) is 18.9. The highest BCUT2D eigenvalue weighted by Crippen LogP contribution is 3.02. The Labute approximate surface area is 73.2 Å². The molecule has 6 heteroatoms. The molecular formula is C7H9F5S. The largest absolute Gasteiger partial charge is 0.309 e. The van der Waals surface area contributed by atoms with Gasteiger partial charge in [0, 0.05) is 0 Å². The van der Waals surface area contributed by atoms with Gasteiger partial charge in [-0.25, -0.2) is 0 Å². The minimum absolute atomic E-state index is 0.252. The van der Waals surface area contributed by atoms with Crippen LogP contribution in [-0.4, -0.2) is 0 Å². The molecular weight excluding hydrogens is 211 g/mol. The molecule has 0 aliphatic heterocycles. The first-order chi connectivity index (χ1) is 5.47. The molecule has 0 rings (SSSR count). The van der Waals surface area contributed by atoms with Crippen LogP contribution in [0.15, 0.2) is 35.8 Å². The van der Waals surface area contributed by atoms with Crippen molar-refractivity contribution < 1.29 is 19.4 Å². The van der Waals surface area contributed by atoms with Crippen LogP contribution in [0.1, 0.15) is 6.92 Å². The lowest BCUT2D eigenvalue weighted by molar-refractivity contribution is 0.380. The van der Waals surface area contributed by atoms with Gasteiger partial charge in [-0.2, -0.15) is 0 Å². The maximum Gasteiger partial charge on any atom is 0.309 e. The van der Waals surface area contributed by atoms with Crippen LogP contribution in [0.25, 0.3) is 0 Å². The highest BCUT2D eigenvalue weighted by Gasteiger charge is 2.65. The van der Waals surface area contributed by atoms with E-state index in [-0.39, 0.29) is 6.08 Å². The Bertz CT molecular complexity index is 267. The van der Waals surface area contributed by atoms with Crippen LogP contribution in [0.5, 0.6) is 0 Å². The smallest absolute Gasteiger partial charge is 0.0937 e. The summed E-state index contributed by atoms with van der Waals surface area (Å²) < 4.78 is 59.3. The molecule has 0 fully saturated rings. The Morgan fingerprint density at radius 1 is 1.08 bits per heavy atom. The van der Waals surface area contributed by atoms with Crippen molar-refractivity contribution in [2.45, 2.75) is 6.92 Å². The third-order valence-electron chi connectivity index (χ3n) is 1.08. The van der Waals surface area contributed by atoms with E-state index in [0.29, 0.717) is 0 Å². The number of hydrogen-bond donors (Lipinski definition) is 0. The van der Waals surface area contributed by atoms with Crippen molar-refractivity contribution in [3.05, 3.63) is 35.8 Å². The quantitative estimate of drug-likeness (QED) is 0.467. The van der Waals surface area contributed by atoms with E-state index in [1.165, 1.54) is 12.2 Å². The fraction of sp³-hybridized carbons (Fsp3) is 0.143. The zero-order valence-electron chi connectivity index (χ0n) is 6.81. The van der Waals surface area contributed by atoms with Crippen molar-refractivity contribution >= 4 is 10.2 Å². The van der Waals surface area contributed by atoms with Crippen molar-refractivity contribution in [3.8, 4) is 0 Å². The molecule has 0 aliphatic carbocycles. The average Bonchev–Trinajstić information content (AvgIpc) is 1.83. The molecule has 0 amide bonds. The Kier molecular flexibility index (Phi) is 2.45. The van der Waals surface area contributed by atoms with E-state index in [1.807, 2.05) is 0 Å². The maximum atomic E-state index is 11.9. The van der Waals surface area contributed by atoms with Gasteiger partial charge >= 0.3 is 10.2 Å². The monoisotopic (exact) mass is 220 g/mol. The van der Waals surface area contributed by atoms with Gasteiger partial charge in [-0.1, -0.05) is 44.2 Å². The third-order valence-corrected chi connectivity index (χ3v) is 2.21. The van der Waals surface area contributed by atoms with Crippen LogP contribution < -0.4 is 0 Å². The summed E-state index contributed by atoms with van der Waals surface area (Å²) >= 11 is 0. The van der Waals surface area contributed by atoms with Gasteiger partial charge in [-0.3, -0.25) is 0 Å². The molecule has 0 N–H and O–H groups in total. The summed E-state index contributed by atoms with van der Waals surface area (Å²) in [4.78, 5) is -2.09. The Morgan fingerprint density at radius 2 is 1.54 bits per heavy atom. The molecule has 0 aromatic rings. The van der Waals surface area contributed by atoms with E-state index in [4.69, 9.17) is 0 Å². The van der Waals surface area contributed by atoms with Gasteiger partial charge < -0.3 is 0 Å². The van der Waals surface area contributed by atoms with Crippen LogP contribution in [0.4, 0.5) is 19.4 Å². The van der Waals surface area contributed by atoms with Gasteiger partial charge in [0.2, 0.25) is 0 Å². The molecule has 0 bridgehead atoms. The van der Waals surface area contributed by atoms with Gasteiger partial charge in [-0.05, 0) is 13.0 Å². The second-order valence-electron chi connectivity index (χ2n) is 2.32. The minimum atomic E-state index is -9.52. The van der Waals surface area contributed by atoms with Gasteiger partial charge in [0.05, 0.1) is 4.91 Å². The van der Waals surface area contributed by atoms with Gasteiger partial charge in [0.1, 0.15) is 0 Å². The number of hydrogen-bond acceptors (Lipinski definition) is 0. The molecule has 0 saturated carbocycles. The molecule has 0 atom stereocenters. The zero-order valence-corrected chi connectivity index (χ0v) is 7.63. The summed E-state index contributed by atoms with van der Waals surface area (Å²) in [5.41, 5.74) is 0. The van der Waals surface area contributed by atoms with Crippen LogP contribution in [-0.2, 0) is 0 Å². The molecule has 0 aromatic heterocycles. The molecule has 78 valence electrons. The highest BCUT2D eigenvalue weighted by molar-refractivity contribution is 8.48. The zero-order chi connectivity index (χ0) is 10.8. The van der Waals surface area contributed by atoms with Gasteiger partial charge in [0.15, 0.2) is 0 Å². The fourth-order valence-corrected chi connectivity index (χ4v) is 0.738. The predicted molar refractivity (Wildman–Crippen MR) is 46.2 cm³/mol. The lowest BCUT2D eigenvalue weighted by Crippen LogP contribution is -2.05. The first-order valence-electron chi connectivity index (χ1n) is 3.20. The van der Waals surface area contributed by atoms with Crippen molar-refractivity contribution in [1.82, 2.24) is 0 Å². The maximum absolute atomic E-state index is 11.9. The Balaban J connectivity index is 4.86. The topological polar surface area (TPSA) is 0 Å². The van der Waals surface area contributed by atoms with Crippen molar-refractivity contribution in [3.63, 3.8) is 0 Å². The standard InChI is InChI=1S/C7H9F5S/c1-3-4-5-6-7(2)13(8,9,10,11)12/h3-6H,2H2,1H3/b4-3+,6-5-. The van der Waals surface area contributed by atoms with E-state index in [1.54, 1.807) is 6.92 Å². The highest BCUT2D eigenvalue weighted by atomic mass is 32.5. The summed E-state index contributed by atoms with van der Waals surface area (Å²) in [6, 6.07) is 0. The SMILES string of the molecule is C=C(/C=C\C=C\C)S(F)(F)(F)(F)F. The lowest BCUT2D eigenvalue weighted by atomic mass is 10.4. The number of rotatable bonds is 3. The van der Waals surface area contributed by atoms with E-state index in [0.717, 1.165) is 6.08 Å². The van der Waals surface area contributed by atoms with E-state index < -0.39 is 15.1 Å². The molecule has 0 spiro atoms. The second-order valence-corrected chi connectivity index (χ2v) is 4.78. The molecule has 0 heterocycles. The number of allylic oxidation sites excluding steroid dienone is 4. The van der Waals surface area contributed by atoms with Crippen LogP contribution in [0, 0.1) is 0 Å². The summed E-state index contributed by atoms with van der Waals surface area (Å²) in [5.74, 6) is 0. The summed E-state index contributed by atoms with van der Waals surface area (Å²) in [6.07, 6.45) is 3.73. The van der Waals surface area contributed by atoms with Crippen molar-refractivity contribution in [2.75, 3.05) is 0 Å². The van der Waals surface area contributed by atoms with Crippen LogP contribution >= 0.6 is 10.2 Å². The van der Waals surface area contributed by atoms with Gasteiger partial charge in [-0.15, -0.1) is 0 Å². The molecule has 13 heavy (non-hydrogen) atoms. The van der Waals surface area contributed by atoms with Gasteiger partial charge in [0.25, 0.3) is 0 Å². The molecule has 0 aliphatic rings. The average molecular weight is 220 g/mol. The molecule has 0 saturated heterocycles. The molecule has 0 radical (unpaired) electrons. The van der Waals surface area contributed by atoms with Crippen molar-refractivity contribution in [1.29, 1.82) is 0 Å². The van der Waals surface area contributed by atoms with Crippen LogP contribution in [0.2, 0.25) is 0 Å². The summed E-state index contributed by atoms with van der Waals surface area (Å²) in [6.45, 7) is 3.85. The summed E-state index contributed by atoms with van der Waals surface area (Å²) in [7, 11) is -9.52. The van der Waals surface area contributed by atoms with E-state index in [9.17, 15) is 19.4 Å².